The first-order valence-electron chi connectivity index (χ1n) is 11.8. The van der Waals surface area contributed by atoms with Crippen LogP contribution in [0.15, 0.2) is 65.7 Å². The van der Waals surface area contributed by atoms with Crippen molar-refractivity contribution in [3.8, 4) is 23.0 Å². The van der Waals surface area contributed by atoms with Gasteiger partial charge in [-0.25, -0.2) is 21.6 Å². The summed E-state index contributed by atoms with van der Waals surface area (Å²) in [7, 11) is 0.789. The Bertz CT molecular complexity index is 1580. The van der Waals surface area contributed by atoms with Crippen LogP contribution in [0.25, 0.3) is 10.9 Å². The molecule has 0 fully saturated rings. The van der Waals surface area contributed by atoms with E-state index < -0.39 is 32.4 Å². The average Bonchev–Trinajstić information content (AvgIpc) is 2.87. The fourth-order valence-corrected chi connectivity index (χ4v) is 4.95. The molecule has 0 radical (unpaired) electrons. The first-order chi connectivity index (χ1) is 18.6. The van der Waals surface area contributed by atoms with Crippen LogP contribution in [0.4, 0.5) is 18.9 Å². The number of fused-ring (bicyclic) bond motifs is 1. The highest BCUT2D eigenvalue weighted by atomic mass is 32.2. The maximum atomic E-state index is 14.9. The summed E-state index contributed by atoms with van der Waals surface area (Å²) in [6, 6.07) is 10.8. The quantitative estimate of drug-likeness (QED) is 0.239. The van der Waals surface area contributed by atoms with E-state index in [1.54, 1.807) is 12.1 Å². The summed E-state index contributed by atoms with van der Waals surface area (Å²) in [5.41, 5.74) is 0.271. The molecule has 0 aliphatic carbocycles. The van der Waals surface area contributed by atoms with E-state index in [1.807, 2.05) is 18.8 Å². The molecular formula is C27H26F3N3O5S. The number of aromatic nitrogens is 1. The molecule has 0 atom stereocenters. The highest BCUT2D eigenvalue weighted by Gasteiger charge is 2.24. The van der Waals surface area contributed by atoms with E-state index >= 15 is 0 Å². The minimum absolute atomic E-state index is 0.217. The lowest BCUT2D eigenvalue weighted by atomic mass is 10.1. The van der Waals surface area contributed by atoms with Crippen LogP contribution in [0.2, 0.25) is 0 Å². The zero-order valence-corrected chi connectivity index (χ0v) is 22.2. The van der Waals surface area contributed by atoms with E-state index in [0.29, 0.717) is 29.0 Å². The van der Waals surface area contributed by atoms with Gasteiger partial charge in [0.25, 0.3) is 10.0 Å². The van der Waals surface area contributed by atoms with Crippen LogP contribution >= 0.6 is 0 Å². The molecule has 206 valence electrons. The number of sulfonamides is 1. The molecule has 1 N–H and O–H groups in total. The standard InChI is InChI=1S/C27H26F3N3O5S/c1-33(2)12-5-13-37-26-16-22-18(15-25(26)36-3)23(10-11-31-22)38-24-9-8-17(14-21(24)30)32-39(34,35)27-19(28)6-4-7-20(27)29/h4,6-11,14-16,32H,5,12-13H2,1-3H3. The molecule has 0 bridgehead atoms. The molecule has 0 aliphatic rings. The van der Waals surface area contributed by atoms with E-state index in [2.05, 4.69) is 9.88 Å². The van der Waals surface area contributed by atoms with Gasteiger partial charge in [0.15, 0.2) is 28.0 Å². The van der Waals surface area contributed by atoms with Crippen molar-refractivity contribution < 1.29 is 35.8 Å². The lowest BCUT2D eigenvalue weighted by molar-refractivity contribution is 0.268. The fraction of sp³-hybridized carbons (Fsp3) is 0.222. The van der Waals surface area contributed by atoms with Crippen molar-refractivity contribution in [2.24, 2.45) is 0 Å². The molecule has 0 spiro atoms. The van der Waals surface area contributed by atoms with Crippen LogP contribution in [0.1, 0.15) is 6.42 Å². The summed E-state index contributed by atoms with van der Waals surface area (Å²) in [4.78, 5) is 5.23. The Labute approximate surface area is 224 Å². The van der Waals surface area contributed by atoms with Crippen LogP contribution in [0.3, 0.4) is 0 Å². The van der Waals surface area contributed by atoms with Crippen molar-refractivity contribution in [3.63, 3.8) is 0 Å². The Morgan fingerprint density at radius 2 is 1.64 bits per heavy atom. The maximum absolute atomic E-state index is 14.9. The maximum Gasteiger partial charge on any atom is 0.267 e. The molecule has 1 aromatic heterocycles. The lowest BCUT2D eigenvalue weighted by Crippen LogP contribution is -2.16. The number of rotatable bonds is 11. The highest BCUT2D eigenvalue weighted by molar-refractivity contribution is 7.92. The molecule has 0 unspecified atom stereocenters. The third-order valence-electron chi connectivity index (χ3n) is 5.59. The van der Waals surface area contributed by atoms with Gasteiger partial charge < -0.3 is 19.1 Å². The number of ether oxygens (including phenoxy) is 3. The predicted octanol–water partition coefficient (Wildman–Crippen LogP) is 5.58. The van der Waals surface area contributed by atoms with Crippen molar-refractivity contribution in [2.45, 2.75) is 11.3 Å². The number of halogens is 3. The number of anilines is 1. The summed E-state index contributed by atoms with van der Waals surface area (Å²) in [6.07, 6.45) is 2.30. The molecule has 1 heterocycles. The van der Waals surface area contributed by atoms with Crippen LogP contribution in [-0.2, 0) is 10.0 Å². The zero-order chi connectivity index (χ0) is 28.2. The second-order valence-corrected chi connectivity index (χ2v) is 10.4. The molecule has 8 nitrogen and oxygen atoms in total. The number of hydrogen-bond donors (Lipinski definition) is 1. The fourth-order valence-electron chi connectivity index (χ4n) is 3.76. The topological polar surface area (TPSA) is 90.0 Å². The van der Waals surface area contributed by atoms with Crippen LogP contribution < -0.4 is 18.9 Å². The number of benzene rings is 3. The third kappa shape index (κ3) is 6.52. The number of hydrogen-bond acceptors (Lipinski definition) is 7. The van der Waals surface area contributed by atoms with E-state index in [0.717, 1.165) is 37.2 Å². The minimum Gasteiger partial charge on any atom is -0.493 e. The first-order valence-corrected chi connectivity index (χ1v) is 13.3. The molecule has 39 heavy (non-hydrogen) atoms. The van der Waals surface area contributed by atoms with E-state index in [-0.39, 0.29) is 17.2 Å². The first kappa shape index (κ1) is 28.0. The van der Waals surface area contributed by atoms with E-state index in [9.17, 15) is 21.6 Å². The summed E-state index contributed by atoms with van der Waals surface area (Å²) < 4.78 is 87.0. The van der Waals surface area contributed by atoms with Crippen molar-refractivity contribution in [1.82, 2.24) is 9.88 Å². The molecule has 12 heteroatoms. The molecule has 4 rings (SSSR count). The molecule has 4 aromatic rings. The van der Waals surface area contributed by atoms with Gasteiger partial charge in [-0.1, -0.05) is 6.07 Å². The Morgan fingerprint density at radius 3 is 2.31 bits per heavy atom. The van der Waals surface area contributed by atoms with E-state index in [1.165, 1.54) is 31.5 Å². The van der Waals surface area contributed by atoms with Crippen LogP contribution in [-0.4, -0.2) is 52.7 Å². The number of nitrogens with one attached hydrogen (secondary N) is 1. The average molecular weight is 562 g/mol. The Hall–Kier alpha value is -4.03. The Kier molecular flexibility index (Phi) is 8.46. The van der Waals surface area contributed by atoms with Gasteiger partial charge in [-0.15, -0.1) is 0 Å². The number of methoxy groups -OCH3 is 1. The van der Waals surface area contributed by atoms with E-state index in [4.69, 9.17) is 14.2 Å². The van der Waals surface area contributed by atoms with Crippen LogP contribution in [0.5, 0.6) is 23.0 Å². The Morgan fingerprint density at radius 1 is 0.897 bits per heavy atom. The van der Waals surface area contributed by atoms with Crippen molar-refractivity contribution in [3.05, 3.63) is 78.2 Å². The second-order valence-electron chi connectivity index (χ2n) is 8.74. The van der Waals surface area contributed by atoms with Crippen LogP contribution in [0, 0.1) is 17.5 Å². The van der Waals surface area contributed by atoms with Gasteiger partial charge in [0.2, 0.25) is 0 Å². The Balaban J connectivity index is 1.56. The van der Waals surface area contributed by atoms with Gasteiger partial charge in [0.1, 0.15) is 17.4 Å². The normalized spacial score (nSPS) is 11.6. The number of nitrogens with zero attached hydrogens (tertiary/aromatic N) is 2. The highest BCUT2D eigenvalue weighted by Crippen LogP contribution is 2.38. The van der Waals surface area contributed by atoms with Gasteiger partial charge in [-0.3, -0.25) is 9.71 Å². The monoisotopic (exact) mass is 561 g/mol. The largest absolute Gasteiger partial charge is 0.493 e. The van der Waals surface area contributed by atoms with Gasteiger partial charge in [0, 0.05) is 30.3 Å². The third-order valence-corrected chi connectivity index (χ3v) is 7.02. The van der Waals surface area contributed by atoms with Gasteiger partial charge >= 0.3 is 0 Å². The van der Waals surface area contributed by atoms with Crippen molar-refractivity contribution >= 4 is 26.6 Å². The van der Waals surface area contributed by atoms with Gasteiger partial charge in [-0.05, 0) is 56.9 Å². The predicted molar refractivity (Wildman–Crippen MR) is 141 cm³/mol. The zero-order valence-electron chi connectivity index (χ0n) is 21.4. The minimum atomic E-state index is -4.66. The summed E-state index contributed by atoms with van der Waals surface area (Å²) in [5, 5.41) is 0.522. The van der Waals surface area contributed by atoms with Gasteiger partial charge in [0.05, 0.1) is 24.9 Å². The smallest absolute Gasteiger partial charge is 0.267 e. The molecule has 3 aromatic carbocycles. The molecule has 0 saturated heterocycles. The molecule has 0 amide bonds. The molecular weight excluding hydrogens is 535 g/mol. The van der Waals surface area contributed by atoms with Gasteiger partial charge in [-0.2, -0.15) is 0 Å². The SMILES string of the molecule is COc1cc2c(Oc3ccc(NS(=O)(=O)c4c(F)cccc4F)cc3F)ccnc2cc1OCCCN(C)C. The lowest BCUT2D eigenvalue weighted by Gasteiger charge is -2.15. The van der Waals surface area contributed by atoms with Crippen molar-refractivity contribution in [2.75, 3.05) is 39.1 Å². The molecule has 0 saturated carbocycles. The van der Waals surface area contributed by atoms with Crippen molar-refractivity contribution in [1.29, 1.82) is 0 Å². The number of pyridine rings is 1. The summed E-state index contributed by atoms with van der Waals surface area (Å²) in [6.45, 7) is 1.33. The second kappa shape index (κ2) is 11.8. The molecule has 0 aliphatic heterocycles. The summed E-state index contributed by atoms with van der Waals surface area (Å²) >= 11 is 0. The summed E-state index contributed by atoms with van der Waals surface area (Å²) in [5.74, 6) is -2.47.